The lowest BCUT2D eigenvalue weighted by atomic mass is 9.96. The normalized spacial score (nSPS) is 19.4. The van der Waals surface area contributed by atoms with Crippen LogP contribution in [0.25, 0.3) is 5.69 Å². The lowest BCUT2D eigenvalue weighted by molar-refractivity contribution is -0.129. The number of carbonyl (C=O) groups is 2. The molecule has 1 aromatic heterocycles. The highest BCUT2D eigenvalue weighted by atomic mass is 16.5. The molecule has 8 nitrogen and oxygen atoms in total. The lowest BCUT2D eigenvalue weighted by Gasteiger charge is -2.34. The number of ether oxygens (including phenoxy) is 1. The first-order chi connectivity index (χ1) is 12.5. The van der Waals surface area contributed by atoms with Crippen molar-refractivity contribution in [3.8, 4) is 11.4 Å². The smallest absolute Gasteiger partial charge is 0.257 e. The van der Waals surface area contributed by atoms with Gasteiger partial charge in [-0.25, -0.2) is 0 Å². The van der Waals surface area contributed by atoms with Crippen LogP contribution in [0.4, 0.5) is 0 Å². The molecule has 0 unspecified atom stereocenters. The summed E-state index contributed by atoms with van der Waals surface area (Å²) in [5.74, 6) is 0.193. The summed E-state index contributed by atoms with van der Waals surface area (Å²) in [6.07, 6.45) is 4.50. The molecule has 8 heteroatoms. The van der Waals surface area contributed by atoms with Crippen LogP contribution < -0.4 is 10.1 Å². The first-order valence-corrected chi connectivity index (χ1v) is 8.66. The van der Waals surface area contributed by atoms with E-state index >= 15 is 0 Å². The maximum absolute atomic E-state index is 13.4. The van der Waals surface area contributed by atoms with Gasteiger partial charge in [-0.1, -0.05) is 0 Å². The Hall–Kier alpha value is -2.90. The van der Waals surface area contributed by atoms with E-state index in [9.17, 15) is 9.59 Å². The summed E-state index contributed by atoms with van der Waals surface area (Å²) in [5, 5.41) is 11.1. The van der Waals surface area contributed by atoms with Crippen molar-refractivity contribution in [1.29, 1.82) is 0 Å². The highest BCUT2D eigenvalue weighted by Gasteiger charge is 2.46. The van der Waals surface area contributed by atoms with Crippen LogP contribution in [0.1, 0.15) is 37.0 Å². The third kappa shape index (κ3) is 3.02. The van der Waals surface area contributed by atoms with Gasteiger partial charge in [-0.15, -0.1) is 0 Å². The second-order valence-electron chi connectivity index (χ2n) is 6.40. The monoisotopic (exact) mass is 357 g/mol. The highest BCUT2D eigenvalue weighted by molar-refractivity contribution is 6.02. The van der Waals surface area contributed by atoms with Crippen LogP contribution in [-0.4, -0.2) is 57.4 Å². The number of nitrogens with one attached hydrogen (secondary N) is 1. The molecule has 0 saturated carbocycles. The van der Waals surface area contributed by atoms with Gasteiger partial charge in [0.05, 0.1) is 30.8 Å². The van der Waals surface area contributed by atoms with Crippen molar-refractivity contribution in [2.45, 2.75) is 32.2 Å². The van der Waals surface area contributed by atoms with Crippen molar-refractivity contribution in [2.24, 2.45) is 0 Å². The molecule has 138 valence electrons. The molecule has 0 bridgehead atoms. The number of rotatable bonds is 5. The molecule has 1 aliphatic heterocycles. The molecule has 1 saturated heterocycles. The molecular formula is C18H23N5O3. The Morgan fingerprint density at radius 3 is 2.69 bits per heavy atom. The summed E-state index contributed by atoms with van der Waals surface area (Å²) >= 11 is 0. The third-order valence-electron chi connectivity index (χ3n) is 4.78. The molecule has 1 atom stereocenters. The fourth-order valence-corrected chi connectivity index (χ4v) is 3.35. The van der Waals surface area contributed by atoms with Crippen molar-refractivity contribution < 1.29 is 14.3 Å². The first kappa shape index (κ1) is 17.9. The summed E-state index contributed by atoms with van der Waals surface area (Å²) in [7, 11) is 1.55. The molecule has 1 aromatic carbocycles. The van der Waals surface area contributed by atoms with Crippen LogP contribution in [0.15, 0.2) is 30.6 Å². The summed E-state index contributed by atoms with van der Waals surface area (Å²) < 4.78 is 5.28. The fourth-order valence-electron chi connectivity index (χ4n) is 3.35. The molecule has 1 fully saturated rings. The van der Waals surface area contributed by atoms with E-state index in [0.717, 1.165) is 6.42 Å². The standard InChI is InChI=1S/C18H23N5O3/c1-4-19-17(25)18(2)8-5-11-22(18)16(24)14-12-13(26-3)6-7-15(14)23-20-9-10-21-23/h6-7,9-10,12H,4-5,8,11H2,1-3H3,(H,19,25)/t18-/m0/s1. The number of amides is 2. The number of carbonyl (C=O) groups excluding carboxylic acids is 2. The quantitative estimate of drug-likeness (QED) is 0.874. The highest BCUT2D eigenvalue weighted by Crippen LogP contribution is 2.32. The Morgan fingerprint density at radius 1 is 1.31 bits per heavy atom. The van der Waals surface area contributed by atoms with Crippen LogP contribution in [0.5, 0.6) is 5.75 Å². The number of hydrogen-bond donors (Lipinski definition) is 1. The number of hydrogen-bond acceptors (Lipinski definition) is 5. The Bertz CT molecular complexity index is 805. The van der Waals surface area contributed by atoms with Crippen LogP contribution in [-0.2, 0) is 4.79 Å². The largest absolute Gasteiger partial charge is 0.497 e. The predicted molar refractivity (Wildman–Crippen MR) is 95.3 cm³/mol. The Morgan fingerprint density at radius 2 is 2.04 bits per heavy atom. The van der Waals surface area contributed by atoms with Gasteiger partial charge in [-0.2, -0.15) is 15.0 Å². The topological polar surface area (TPSA) is 89.4 Å². The molecule has 0 radical (unpaired) electrons. The molecule has 3 rings (SSSR count). The summed E-state index contributed by atoms with van der Waals surface area (Å²) in [5.41, 5.74) is 0.0780. The summed E-state index contributed by atoms with van der Waals surface area (Å²) in [6, 6.07) is 5.16. The van der Waals surface area contributed by atoms with Crippen molar-refractivity contribution in [3.63, 3.8) is 0 Å². The zero-order valence-electron chi connectivity index (χ0n) is 15.2. The average molecular weight is 357 g/mol. The van der Waals surface area contributed by atoms with Gasteiger partial charge in [0, 0.05) is 13.1 Å². The molecule has 1 N–H and O–H groups in total. The van der Waals surface area contributed by atoms with Gasteiger partial charge in [0.15, 0.2) is 0 Å². The lowest BCUT2D eigenvalue weighted by Crippen LogP contribution is -2.55. The van der Waals surface area contributed by atoms with E-state index in [0.29, 0.717) is 36.5 Å². The second-order valence-corrected chi connectivity index (χ2v) is 6.40. The fraction of sp³-hybridized carbons (Fsp3) is 0.444. The molecular weight excluding hydrogens is 334 g/mol. The third-order valence-corrected chi connectivity index (χ3v) is 4.78. The number of likely N-dealkylation sites (N-methyl/N-ethyl adjacent to an activating group) is 1. The molecule has 2 heterocycles. The van der Waals surface area contributed by atoms with E-state index in [-0.39, 0.29) is 11.8 Å². The van der Waals surface area contributed by atoms with Crippen molar-refractivity contribution in [2.75, 3.05) is 20.2 Å². The van der Waals surface area contributed by atoms with E-state index in [2.05, 4.69) is 15.5 Å². The van der Waals surface area contributed by atoms with Crippen LogP contribution in [0.3, 0.4) is 0 Å². The van der Waals surface area contributed by atoms with E-state index < -0.39 is 5.54 Å². The second kappa shape index (κ2) is 7.15. The van der Waals surface area contributed by atoms with Gasteiger partial charge in [-0.05, 0) is 44.9 Å². The molecule has 2 aromatic rings. The van der Waals surface area contributed by atoms with Gasteiger partial charge in [0.2, 0.25) is 5.91 Å². The van der Waals surface area contributed by atoms with E-state index in [1.165, 1.54) is 4.80 Å². The van der Waals surface area contributed by atoms with Crippen LogP contribution in [0.2, 0.25) is 0 Å². The van der Waals surface area contributed by atoms with Gasteiger partial charge in [-0.3, -0.25) is 9.59 Å². The molecule has 1 aliphatic rings. The minimum Gasteiger partial charge on any atom is -0.497 e. The van der Waals surface area contributed by atoms with Crippen LogP contribution in [0, 0.1) is 0 Å². The predicted octanol–water partition coefficient (Wildman–Crippen LogP) is 1.41. The molecule has 26 heavy (non-hydrogen) atoms. The van der Waals surface area contributed by atoms with E-state index in [1.807, 2.05) is 13.8 Å². The SMILES string of the molecule is CCNC(=O)[C@]1(C)CCCN1C(=O)c1cc(OC)ccc1-n1nccn1. The maximum Gasteiger partial charge on any atom is 0.257 e. The van der Waals surface area contributed by atoms with Crippen molar-refractivity contribution in [3.05, 3.63) is 36.2 Å². The zero-order chi connectivity index (χ0) is 18.7. The van der Waals surface area contributed by atoms with Crippen molar-refractivity contribution >= 4 is 11.8 Å². The van der Waals surface area contributed by atoms with Gasteiger partial charge in [0.1, 0.15) is 11.3 Å². The van der Waals surface area contributed by atoms with Crippen molar-refractivity contribution in [1.82, 2.24) is 25.2 Å². The molecule has 2 amide bonds. The summed E-state index contributed by atoms with van der Waals surface area (Å²) in [4.78, 5) is 29.0. The van der Waals surface area contributed by atoms with E-state index in [4.69, 9.17) is 4.74 Å². The number of likely N-dealkylation sites (tertiary alicyclic amines) is 1. The summed E-state index contributed by atoms with van der Waals surface area (Å²) in [6.45, 7) is 4.73. The minimum absolute atomic E-state index is 0.132. The average Bonchev–Trinajstić information content (AvgIpc) is 3.31. The van der Waals surface area contributed by atoms with Gasteiger partial charge < -0.3 is 15.0 Å². The zero-order valence-corrected chi connectivity index (χ0v) is 15.2. The Balaban J connectivity index is 2.02. The minimum atomic E-state index is -0.870. The Kier molecular flexibility index (Phi) is 4.92. The van der Waals surface area contributed by atoms with Gasteiger partial charge in [0.25, 0.3) is 5.91 Å². The number of methoxy groups -OCH3 is 1. The van der Waals surface area contributed by atoms with Crippen LogP contribution >= 0.6 is 0 Å². The maximum atomic E-state index is 13.4. The number of nitrogens with zero attached hydrogens (tertiary/aromatic N) is 4. The number of benzene rings is 1. The number of aromatic nitrogens is 3. The van der Waals surface area contributed by atoms with Gasteiger partial charge >= 0.3 is 0 Å². The molecule has 0 aliphatic carbocycles. The van der Waals surface area contributed by atoms with E-state index in [1.54, 1.807) is 42.6 Å². The Labute approximate surface area is 152 Å². The molecule has 0 spiro atoms. The first-order valence-electron chi connectivity index (χ1n) is 8.66.